The summed E-state index contributed by atoms with van der Waals surface area (Å²) in [6.45, 7) is 4.05. The molecule has 0 fully saturated rings. The number of rotatable bonds is 6. The first-order valence-corrected chi connectivity index (χ1v) is 7.73. The summed E-state index contributed by atoms with van der Waals surface area (Å²) in [5.41, 5.74) is 2.45. The maximum Gasteiger partial charge on any atom is 0.330 e. The highest BCUT2D eigenvalue weighted by Gasteiger charge is 2.12. The van der Waals surface area contributed by atoms with Gasteiger partial charge in [-0.05, 0) is 42.8 Å². The normalized spacial score (nSPS) is 10.6. The highest BCUT2D eigenvalue weighted by atomic mass is 16.5. The molecule has 1 aromatic carbocycles. The first-order chi connectivity index (χ1) is 11.6. The van der Waals surface area contributed by atoms with Crippen LogP contribution in [-0.2, 0) is 20.9 Å². The van der Waals surface area contributed by atoms with Gasteiger partial charge in [0, 0.05) is 24.9 Å². The van der Waals surface area contributed by atoms with E-state index in [1.807, 2.05) is 42.5 Å². The summed E-state index contributed by atoms with van der Waals surface area (Å²) in [5, 5.41) is 0. The molecule has 24 heavy (non-hydrogen) atoms. The zero-order chi connectivity index (χ0) is 17.4. The van der Waals surface area contributed by atoms with E-state index in [1.165, 1.54) is 13.0 Å². The Labute approximate surface area is 141 Å². The molecule has 0 unspecified atom stereocenters. The van der Waals surface area contributed by atoms with Gasteiger partial charge in [-0.25, -0.2) is 4.79 Å². The van der Waals surface area contributed by atoms with Crippen molar-refractivity contribution < 1.29 is 14.3 Å². The molecule has 5 nitrogen and oxygen atoms in total. The third kappa shape index (κ3) is 5.05. The van der Waals surface area contributed by atoms with Crippen LogP contribution in [0.25, 0.3) is 6.08 Å². The standard InChI is InChI=1S/C19H20N2O3/c1-3-24-19(23)12-9-16-7-10-18(11-8-16)21(15(2)22)14-17-6-4-5-13-20-17/h4-13H,3,14H2,1-2H3. The molecule has 5 heteroatoms. The van der Waals surface area contributed by atoms with Gasteiger partial charge >= 0.3 is 5.97 Å². The van der Waals surface area contributed by atoms with Crippen LogP contribution in [0.3, 0.4) is 0 Å². The van der Waals surface area contributed by atoms with Crippen molar-refractivity contribution in [1.82, 2.24) is 4.98 Å². The van der Waals surface area contributed by atoms with Gasteiger partial charge in [-0.3, -0.25) is 9.78 Å². The Morgan fingerprint density at radius 1 is 1.17 bits per heavy atom. The number of nitrogens with zero attached hydrogens (tertiary/aromatic N) is 2. The minimum absolute atomic E-state index is 0.0598. The van der Waals surface area contributed by atoms with Crippen molar-refractivity contribution in [1.29, 1.82) is 0 Å². The number of pyridine rings is 1. The van der Waals surface area contributed by atoms with Gasteiger partial charge in [-0.15, -0.1) is 0 Å². The highest BCUT2D eigenvalue weighted by Crippen LogP contribution is 2.18. The monoisotopic (exact) mass is 324 g/mol. The predicted octanol–water partition coefficient (Wildman–Crippen LogP) is 3.21. The minimum Gasteiger partial charge on any atom is -0.463 e. The topological polar surface area (TPSA) is 59.5 Å². The molecule has 0 saturated carbocycles. The Morgan fingerprint density at radius 3 is 2.50 bits per heavy atom. The smallest absolute Gasteiger partial charge is 0.330 e. The fourth-order valence-electron chi connectivity index (χ4n) is 2.16. The molecule has 0 N–H and O–H groups in total. The van der Waals surface area contributed by atoms with Crippen molar-refractivity contribution in [2.24, 2.45) is 0 Å². The molecular formula is C19H20N2O3. The number of hydrogen-bond acceptors (Lipinski definition) is 4. The molecule has 1 amide bonds. The number of anilines is 1. The van der Waals surface area contributed by atoms with Gasteiger partial charge in [0.25, 0.3) is 0 Å². The van der Waals surface area contributed by atoms with E-state index in [0.29, 0.717) is 13.2 Å². The van der Waals surface area contributed by atoms with E-state index in [1.54, 1.807) is 24.1 Å². The Morgan fingerprint density at radius 2 is 1.92 bits per heavy atom. The third-order valence-electron chi connectivity index (χ3n) is 3.33. The van der Waals surface area contributed by atoms with Crippen molar-refractivity contribution in [2.75, 3.05) is 11.5 Å². The summed E-state index contributed by atoms with van der Waals surface area (Å²) in [6, 6.07) is 13.0. The predicted molar refractivity (Wildman–Crippen MR) is 93.2 cm³/mol. The van der Waals surface area contributed by atoms with Crippen molar-refractivity contribution in [3.05, 3.63) is 66.0 Å². The van der Waals surface area contributed by atoms with E-state index in [0.717, 1.165) is 16.9 Å². The average molecular weight is 324 g/mol. The fourth-order valence-corrected chi connectivity index (χ4v) is 2.16. The number of esters is 1. The molecule has 0 atom stereocenters. The van der Waals surface area contributed by atoms with E-state index in [2.05, 4.69) is 4.98 Å². The van der Waals surface area contributed by atoms with E-state index >= 15 is 0 Å². The van der Waals surface area contributed by atoms with Gasteiger partial charge in [-0.2, -0.15) is 0 Å². The largest absolute Gasteiger partial charge is 0.463 e. The molecule has 0 aliphatic rings. The lowest BCUT2D eigenvalue weighted by Crippen LogP contribution is -2.28. The Balaban J connectivity index is 2.11. The lowest BCUT2D eigenvalue weighted by molar-refractivity contribution is -0.137. The highest BCUT2D eigenvalue weighted by molar-refractivity contribution is 5.91. The van der Waals surface area contributed by atoms with Crippen LogP contribution in [-0.4, -0.2) is 23.5 Å². The molecule has 1 heterocycles. The van der Waals surface area contributed by atoms with E-state index in [-0.39, 0.29) is 11.9 Å². The fraction of sp³-hybridized carbons (Fsp3) is 0.211. The van der Waals surface area contributed by atoms with Gasteiger partial charge in [0.05, 0.1) is 18.8 Å². The van der Waals surface area contributed by atoms with Crippen molar-refractivity contribution in [3.8, 4) is 0 Å². The van der Waals surface area contributed by atoms with Crippen molar-refractivity contribution >= 4 is 23.6 Å². The summed E-state index contributed by atoms with van der Waals surface area (Å²) in [6.07, 6.45) is 4.77. The molecule has 2 aromatic rings. The molecule has 2 rings (SSSR count). The first kappa shape index (κ1) is 17.4. The molecule has 0 aliphatic carbocycles. The quantitative estimate of drug-likeness (QED) is 0.605. The van der Waals surface area contributed by atoms with Crippen LogP contribution in [0.5, 0.6) is 0 Å². The molecule has 0 bridgehead atoms. The summed E-state index contributed by atoms with van der Waals surface area (Å²) in [4.78, 5) is 29.2. The number of carbonyl (C=O) groups excluding carboxylic acids is 2. The second-order valence-electron chi connectivity index (χ2n) is 5.10. The molecule has 0 radical (unpaired) electrons. The molecule has 0 saturated heterocycles. The van der Waals surface area contributed by atoms with Crippen LogP contribution >= 0.6 is 0 Å². The molecule has 1 aromatic heterocycles. The molecular weight excluding hydrogens is 304 g/mol. The number of aromatic nitrogens is 1. The van der Waals surface area contributed by atoms with Crippen molar-refractivity contribution in [3.63, 3.8) is 0 Å². The number of hydrogen-bond donors (Lipinski definition) is 0. The number of amides is 1. The van der Waals surface area contributed by atoms with Gasteiger partial charge in [0.2, 0.25) is 5.91 Å². The molecule has 0 aliphatic heterocycles. The summed E-state index contributed by atoms with van der Waals surface area (Å²) < 4.78 is 4.84. The number of benzene rings is 1. The van der Waals surface area contributed by atoms with Crippen LogP contribution in [0.1, 0.15) is 25.1 Å². The Bertz CT molecular complexity index is 709. The average Bonchev–Trinajstić information content (AvgIpc) is 2.59. The van der Waals surface area contributed by atoms with Gasteiger partial charge in [0.1, 0.15) is 0 Å². The summed E-state index contributed by atoms with van der Waals surface area (Å²) >= 11 is 0. The summed E-state index contributed by atoms with van der Waals surface area (Å²) in [5.74, 6) is -0.433. The van der Waals surface area contributed by atoms with E-state index < -0.39 is 0 Å². The Hall–Kier alpha value is -2.95. The van der Waals surface area contributed by atoms with Crippen LogP contribution in [0.4, 0.5) is 5.69 Å². The van der Waals surface area contributed by atoms with Crippen LogP contribution < -0.4 is 4.90 Å². The first-order valence-electron chi connectivity index (χ1n) is 7.73. The molecule has 124 valence electrons. The van der Waals surface area contributed by atoms with Crippen LogP contribution in [0.15, 0.2) is 54.7 Å². The van der Waals surface area contributed by atoms with Crippen LogP contribution in [0.2, 0.25) is 0 Å². The maximum atomic E-state index is 11.9. The van der Waals surface area contributed by atoms with Gasteiger partial charge in [0.15, 0.2) is 0 Å². The number of ether oxygens (including phenoxy) is 1. The SMILES string of the molecule is CCOC(=O)C=Cc1ccc(N(Cc2ccccn2)C(C)=O)cc1. The lowest BCUT2D eigenvalue weighted by Gasteiger charge is -2.21. The van der Waals surface area contributed by atoms with Gasteiger partial charge < -0.3 is 9.64 Å². The minimum atomic E-state index is -0.373. The maximum absolute atomic E-state index is 11.9. The Kier molecular flexibility index (Phi) is 6.25. The molecule has 0 spiro atoms. The second-order valence-corrected chi connectivity index (χ2v) is 5.10. The van der Waals surface area contributed by atoms with E-state index in [4.69, 9.17) is 4.74 Å². The zero-order valence-corrected chi connectivity index (χ0v) is 13.8. The van der Waals surface area contributed by atoms with Crippen LogP contribution in [0, 0.1) is 0 Å². The summed E-state index contributed by atoms with van der Waals surface area (Å²) in [7, 11) is 0. The number of carbonyl (C=O) groups is 2. The van der Waals surface area contributed by atoms with E-state index in [9.17, 15) is 9.59 Å². The zero-order valence-electron chi connectivity index (χ0n) is 13.8. The van der Waals surface area contributed by atoms with Gasteiger partial charge in [-0.1, -0.05) is 18.2 Å². The third-order valence-corrected chi connectivity index (χ3v) is 3.33. The van der Waals surface area contributed by atoms with Crippen molar-refractivity contribution in [2.45, 2.75) is 20.4 Å². The second kappa shape index (κ2) is 8.62. The lowest BCUT2D eigenvalue weighted by atomic mass is 10.1.